The van der Waals surface area contributed by atoms with E-state index in [4.69, 9.17) is 11.6 Å². The van der Waals surface area contributed by atoms with E-state index >= 15 is 0 Å². The van der Waals surface area contributed by atoms with Gasteiger partial charge in [0.15, 0.2) is 0 Å². The number of nitro groups is 1. The van der Waals surface area contributed by atoms with Gasteiger partial charge in [0.25, 0.3) is 5.69 Å². The third-order valence-corrected chi connectivity index (χ3v) is 2.97. The fourth-order valence-corrected chi connectivity index (χ4v) is 2.04. The Hall–Kier alpha value is -0.690. The van der Waals surface area contributed by atoms with Gasteiger partial charge in [-0.05, 0) is 18.6 Å². The van der Waals surface area contributed by atoms with Gasteiger partial charge in [-0.15, -0.1) is 0 Å². The topological polar surface area (TPSA) is 83.6 Å². The zero-order valence-electron chi connectivity index (χ0n) is 8.72. The summed E-state index contributed by atoms with van der Waals surface area (Å²) >= 11 is 8.77. The lowest BCUT2D eigenvalue weighted by Crippen LogP contribution is -2.19. The number of halogens is 2. The molecule has 0 aliphatic carbocycles. The first-order chi connectivity index (χ1) is 7.97. The molecule has 0 saturated heterocycles. The molecule has 0 aliphatic heterocycles. The van der Waals surface area contributed by atoms with E-state index in [1.165, 1.54) is 12.1 Å². The molecule has 2 atom stereocenters. The molecule has 1 rings (SSSR count). The lowest BCUT2D eigenvalue weighted by Gasteiger charge is -2.17. The van der Waals surface area contributed by atoms with Crippen molar-refractivity contribution in [3.05, 3.63) is 38.9 Å². The monoisotopic (exact) mass is 323 g/mol. The second-order valence-electron chi connectivity index (χ2n) is 3.45. The van der Waals surface area contributed by atoms with Crippen LogP contribution in [0.2, 0.25) is 5.02 Å². The van der Waals surface area contributed by atoms with Crippen LogP contribution in [-0.4, -0.2) is 26.6 Å². The minimum atomic E-state index is -1.30. The summed E-state index contributed by atoms with van der Waals surface area (Å²) < 4.78 is 0. The Labute approximate surface area is 111 Å². The molecule has 17 heavy (non-hydrogen) atoms. The second kappa shape index (κ2) is 6.30. The van der Waals surface area contributed by atoms with Crippen LogP contribution in [0.15, 0.2) is 18.2 Å². The van der Waals surface area contributed by atoms with Gasteiger partial charge in [-0.2, -0.15) is 0 Å². The Kier molecular flexibility index (Phi) is 5.32. The first-order valence-corrected chi connectivity index (χ1v) is 6.33. The Morgan fingerprint density at radius 3 is 2.65 bits per heavy atom. The third kappa shape index (κ3) is 3.64. The Morgan fingerprint density at radius 1 is 1.47 bits per heavy atom. The van der Waals surface area contributed by atoms with Crippen molar-refractivity contribution in [3.8, 4) is 0 Å². The molecule has 2 N–H and O–H groups in total. The summed E-state index contributed by atoms with van der Waals surface area (Å²) in [4.78, 5) is 10.2. The molecule has 0 fully saturated rings. The summed E-state index contributed by atoms with van der Waals surface area (Å²) in [5.41, 5.74) is -0.230. The van der Waals surface area contributed by atoms with Crippen LogP contribution < -0.4 is 0 Å². The minimum Gasteiger partial charge on any atom is -0.390 e. The van der Waals surface area contributed by atoms with E-state index in [1.807, 2.05) is 0 Å². The summed E-state index contributed by atoms with van der Waals surface area (Å²) in [5, 5.41) is 30.9. The van der Waals surface area contributed by atoms with Gasteiger partial charge in [-0.3, -0.25) is 10.1 Å². The van der Waals surface area contributed by atoms with E-state index in [1.54, 1.807) is 0 Å². The fourth-order valence-electron chi connectivity index (χ4n) is 1.40. The smallest absolute Gasteiger partial charge is 0.276 e. The van der Waals surface area contributed by atoms with Crippen LogP contribution in [0.25, 0.3) is 0 Å². The van der Waals surface area contributed by atoms with Crippen molar-refractivity contribution in [2.45, 2.75) is 18.6 Å². The van der Waals surface area contributed by atoms with Crippen LogP contribution in [0.4, 0.5) is 5.69 Å². The van der Waals surface area contributed by atoms with E-state index in [0.717, 1.165) is 6.07 Å². The predicted octanol–water partition coefficient (Wildman–Crippen LogP) is 2.43. The highest BCUT2D eigenvalue weighted by Crippen LogP contribution is 2.30. The van der Waals surface area contributed by atoms with E-state index in [9.17, 15) is 20.3 Å². The predicted molar refractivity (Wildman–Crippen MR) is 67.5 cm³/mol. The van der Waals surface area contributed by atoms with Gasteiger partial charge >= 0.3 is 0 Å². The second-order valence-corrected chi connectivity index (χ2v) is 4.68. The number of nitrogens with zero attached hydrogens (tertiary/aromatic N) is 1. The number of aliphatic hydroxyl groups is 2. The maximum atomic E-state index is 10.8. The SMILES string of the molecule is O=[N+]([O-])c1cc(Cl)ccc1C(O)C(O)CCBr. The van der Waals surface area contributed by atoms with Crippen LogP contribution in [-0.2, 0) is 0 Å². The van der Waals surface area contributed by atoms with Gasteiger partial charge in [0.2, 0.25) is 0 Å². The zero-order chi connectivity index (χ0) is 13.0. The number of alkyl halides is 1. The summed E-state index contributed by atoms with van der Waals surface area (Å²) in [6.07, 6.45) is -2.07. The van der Waals surface area contributed by atoms with Crippen LogP contribution in [0.3, 0.4) is 0 Å². The van der Waals surface area contributed by atoms with Crippen LogP contribution in [0, 0.1) is 10.1 Å². The molecule has 0 radical (unpaired) electrons. The summed E-state index contributed by atoms with van der Waals surface area (Å²) in [5.74, 6) is 0. The van der Waals surface area contributed by atoms with E-state index in [2.05, 4.69) is 15.9 Å². The molecule has 94 valence electrons. The van der Waals surface area contributed by atoms with Crippen molar-refractivity contribution in [2.75, 3.05) is 5.33 Å². The van der Waals surface area contributed by atoms with Gasteiger partial charge in [0.05, 0.1) is 16.6 Å². The van der Waals surface area contributed by atoms with Gasteiger partial charge in [-0.25, -0.2) is 0 Å². The molecule has 0 aliphatic rings. The molecule has 2 unspecified atom stereocenters. The molecule has 1 aromatic carbocycles. The zero-order valence-corrected chi connectivity index (χ0v) is 11.1. The van der Waals surface area contributed by atoms with Crippen molar-refractivity contribution in [1.82, 2.24) is 0 Å². The molecule has 0 aromatic heterocycles. The highest BCUT2D eigenvalue weighted by molar-refractivity contribution is 9.09. The first kappa shape index (κ1) is 14.4. The Balaban J connectivity index is 3.08. The number of aliphatic hydroxyl groups excluding tert-OH is 2. The Morgan fingerprint density at radius 2 is 2.12 bits per heavy atom. The average Bonchev–Trinajstić information content (AvgIpc) is 2.28. The van der Waals surface area contributed by atoms with Crippen LogP contribution in [0.1, 0.15) is 18.1 Å². The lowest BCUT2D eigenvalue weighted by molar-refractivity contribution is -0.386. The Bertz CT molecular complexity index is 415. The van der Waals surface area contributed by atoms with Crippen LogP contribution in [0.5, 0.6) is 0 Å². The number of hydrogen-bond acceptors (Lipinski definition) is 4. The molecule has 0 heterocycles. The highest BCUT2D eigenvalue weighted by atomic mass is 79.9. The number of nitro benzene ring substituents is 1. The fraction of sp³-hybridized carbons (Fsp3) is 0.400. The molecule has 0 amide bonds. The maximum absolute atomic E-state index is 10.8. The summed E-state index contributed by atoms with van der Waals surface area (Å²) in [6, 6.07) is 3.94. The van der Waals surface area contributed by atoms with Crippen molar-refractivity contribution in [3.63, 3.8) is 0 Å². The quantitative estimate of drug-likeness (QED) is 0.495. The molecule has 0 saturated carbocycles. The maximum Gasteiger partial charge on any atom is 0.276 e. The van der Waals surface area contributed by atoms with Gasteiger partial charge < -0.3 is 10.2 Å². The average molecular weight is 325 g/mol. The molecule has 7 heteroatoms. The van der Waals surface area contributed by atoms with Crippen molar-refractivity contribution in [2.24, 2.45) is 0 Å². The van der Waals surface area contributed by atoms with E-state index in [0.29, 0.717) is 11.8 Å². The molecule has 0 spiro atoms. The van der Waals surface area contributed by atoms with Crippen molar-refractivity contribution < 1.29 is 15.1 Å². The largest absolute Gasteiger partial charge is 0.390 e. The summed E-state index contributed by atoms with van der Waals surface area (Å²) in [6.45, 7) is 0. The van der Waals surface area contributed by atoms with E-state index < -0.39 is 17.1 Å². The van der Waals surface area contributed by atoms with Crippen molar-refractivity contribution >= 4 is 33.2 Å². The number of rotatable bonds is 5. The third-order valence-electron chi connectivity index (χ3n) is 2.28. The first-order valence-electron chi connectivity index (χ1n) is 4.83. The molecule has 5 nitrogen and oxygen atoms in total. The van der Waals surface area contributed by atoms with Crippen molar-refractivity contribution in [1.29, 1.82) is 0 Å². The van der Waals surface area contributed by atoms with E-state index in [-0.39, 0.29) is 16.3 Å². The molecule has 0 bridgehead atoms. The molecular weight excluding hydrogens is 313 g/mol. The van der Waals surface area contributed by atoms with Crippen LogP contribution >= 0.6 is 27.5 Å². The van der Waals surface area contributed by atoms with Gasteiger partial charge in [-0.1, -0.05) is 27.5 Å². The lowest BCUT2D eigenvalue weighted by atomic mass is 10.0. The number of benzene rings is 1. The minimum absolute atomic E-state index is 0.0628. The molecular formula is C10H11BrClNO4. The van der Waals surface area contributed by atoms with Gasteiger partial charge in [0.1, 0.15) is 6.10 Å². The van der Waals surface area contributed by atoms with Gasteiger partial charge in [0, 0.05) is 16.4 Å². The highest BCUT2D eigenvalue weighted by Gasteiger charge is 2.26. The molecule has 1 aromatic rings. The summed E-state index contributed by atoms with van der Waals surface area (Å²) in [7, 11) is 0. The number of hydrogen-bond donors (Lipinski definition) is 2. The normalized spacial score (nSPS) is 14.4. The standard InChI is InChI=1S/C10H11BrClNO4/c11-4-3-9(14)10(15)7-2-1-6(12)5-8(7)13(16)17/h1-2,5,9-10,14-15H,3-4H2.